The predicted molar refractivity (Wildman–Crippen MR) is 72.2 cm³/mol. The lowest BCUT2D eigenvalue weighted by Gasteiger charge is -2.09. The summed E-state index contributed by atoms with van der Waals surface area (Å²) < 4.78 is 0. The average Bonchev–Trinajstić information content (AvgIpc) is 2.39. The van der Waals surface area contributed by atoms with Crippen molar-refractivity contribution in [1.82, 2.24) is 0 Å². The summed E-state index contributed by atoms with van der Waals surface area (Å²) in [5.41, 5.74) is 3.71. The van der Waals surface area contributed by atoms with E-state index in [9.17, 15) is 5.11 Å². The molecule has 0 fully saturated rings. The zero-order valence-corrected chi connectivity index (χ0v) is 10.4. The minimum atomic E-state index is 0.310. The van der Waals surface area contributed by atoms with Crippen LogP contribution in [0.15, 0.2) is 48.5 Å². The maximum absolute atomic E-state index is 9.25. The van der Waals surface area contributed by atoms with Gasteiger partial charge in [0.15, 0.2) is 0 Å². The Kier molecular flexibility index (Phi) is 3.48. The molecule has 2 aromatic carbocycles. The summed E-state index contributed by atoms with van der Waals surface area (Å²) in [6, 6.07) is 16.0. The van der Waals surface area contributed by atoms with Gasteiger partial charge in [-0.15, -0.1) is 0 Å². The van der Waals surface area contributed by atoms with Crippen LogP contribution in [0.25, 0.3) is 11.1 Å². The predicted octanol–water partition coefficient (Wildman–Crippen LogP) is 4.57. The van der Waals surface area contributed by atoms with Gasteiger partial charge in [0, 0.05) is 0 Å². The Hall–Kier alpha value is -1.76. The summed E-state index contributed by atoms with van der Waals surface area (Å²) in [6.45, 7) is 4.45. The Labute approximate surface area is 103 Å². The summed E-state index contributed by atoms with van der Waals surface area (Å²) in [5, 5.41) is 9.25. The molecular formula is C16H18O. The van der Waals surface area contributed by atoms with Crippen molar-refractivity contribution in [3.8, 4) is 16.9 Å². The molecule has 0 aliphatic heterocycles. The zero-order chi connectivity index (χ0) is 12.3. The molecule has 0 amide bonds. The van der Waals surface area contributed by atoms with E-state index in [2.05, 4.69) is 38.1 Å². The van der Waals surface area contributed by atoms with Crippen LogP contribution in [-0.2, 0) is 0 Å². The monoisotopic (exact) mass is 226 g/mol. The fourth-order valence-electron chi connectivity index (χ4n) is 1.89. The highest BCUT2D eigenvalue weighted by atomic mass is 16.3. The molecule has 0 saturated carbocycles. The first-order valence-electron chi connectivity index (χ1n) is 6.10. The molecule has 0 bridgehead atoms. The second-order valence-electron chi connectivity index (χ2n) is 4.48. The second kappa shape index (κ2) is 5.05. The first kappa shape index (κ1) is 11.7. The highest BCUT2D eigenvalue weighted by Crippen LogP contribution is 2.25. The summed E-state index contributed by atoms with van der Waals surface area (Å²) in [7, 11) is 0. The fourth-order valence-corrected chi connectivity index (χ4v) is 1.89. The van der Waals surface area contributed by atoms with Gasteiger partial charge in [0.2, 0.25) is 0 Å². The molecule has 17 heavy (non-hydrogen) atoms. The molecule has 0 spiro atoms. The Bertz CT molecular complexity index is 468. The van der Waals surface area contributed by atoms with Crippen LogP contribution in [0.1, 0.15) is 31.7 Å². The zero-order valence-electron chi connectivity index (χ0n) is 10.4. The SMILES string of the molecule is CCC(C)c1ccc(-c2ccc(O)cc2)cc1. The third kappa shape index (κ3) is 2.68. The van der Waals surface area contributed by atoms with E-state index in [1.807, 2.05) is 12.1 Å². The van der Waals surface area contributed by atoms with Crippen molar-refractivity contribution >= 4 is 0 Å². The molecule has 0 aromatic heterocycles. The number of rotatable bonds is 3. The molecule has 2 aromatic rings. The van der Waals surface area contributed by atoms with E-state index >= 15 is 0 Å². The van der Waals surface area contributed by atoms with Gasteiger partial charge in [0.1, 0.15) is 5.75 Å². The van der Waals surface area contributed by atoms with Crippen molar-refractivity contribution in [3.05, 3.63) is 54.1 Å². The maximum atomic E-state index is 9.25. The number of phenolic OH excluding ortho intramolecular Hbond substituents is 1. The fraction of sp³-hybridized carbons (Fsp3) is 0.250. The lowest BCUT2D eigenvalue weighted by molar-refractivity contribution is 0.475. The molecule has 1 unspecified atom stereocenters. The van der Waals surface area contributed by atoms with Crippen molar-refractivity contribution in [3.63, 3.8) is 0 Å². The minimum absolute atomic E-state index is 0.310. The van der Waals surface area contributed by atoms with Gasteiger partial charge in [-0.3, -0.25) is 0 Å². The van der Waals surface area contributed by atoms with E-state index in [1.54, 1.807) is 12.1 Å². The molecule has 0 aliphatic carbocycles. The van der Waals surface area contributed by atoms with E-state index in [0.29, 0.717) is 11.7 Å². The molecule has 0 radical (unpaired) electrons. The summed E-state index contributed by atoms with van der Waals surface area (Å²) in [4.78, 5) is 0. The Morgan fingerprint density at radius 2 is 1.35 bits per heavy atom. The van der Waals surface area contributed by atoms with Crippen molar-refractivity contribution < 1.29 is 5.11 Å². The van der Waals surface area contributed by atoms with E-state index < -0.39 is 0 Å². The normalized spacial score (nSPS) is 12.4. The van der Waals surface area contributed by atoms with Crippen molar-refractivity contribution in [2.45, 2.75) is 26.2 Å². The second-order valence-corrected chi connectivity index (χ2v) is 4.48. The molecule has 0 aliphatic rings. The van der Waals surface area contributed by atoms with Crippen LogP contribution in [-0.4, -0.2) is 5.11 Å². The average molecular weight is 226 g/mol. The highest BCUT2D eigenvalue weighted by molar-refractivity contribution is 5.64. The van der Waals surface area contributed by atoms with E-state index in [1.165, 1.54) is 17.5 Å². The third-order valence-corrected chi connectivity index (χ3v) is 3.29. The molecule has 1 heteroatoms. The van der Waals surface area contributed by atoms with Crippen molar-refractivity contribution in [2.75, 3.05) is 0 Å². The molecular weight excluding hydrogens is 208 g/mol. The van der Waals surface area contributed by atoms with E-state index in [0.717, 1.165) is 5.56 Å². The standard InChI is InChI=1S/C16H18O/c1-3-12(2)13-4-6-14(7-5-13)15-8-10-16(17)11-9-15/h4-12,17H,3H2,1-2H3. The molecule has 1 atom stereocenters. The van der Waals surface area contributed by atoms with Gasteiger partial charge in [-0.25, -0.2) is 0 Å². The Morgan fingerprint density at radius 3 is 1.82 bits per heavy atom. The molecule has 0 heterocycles. The summed E-state index contributed by atoms with van der Waals surface area (Å²) >= 11 is 0. The van der Waals surface area contributed by atoms with Crippen LogP contribution in [0.2, 0.25) is 0 Å². The first-order chi connectivity index (χ1) is 8.20. The molecule has 0 saturated heterocycles. The third-order valence-electron chi connectivity index (χ3n) is 3.29. The van der Waals surface area contributed by atoms with Crippen LogP contribution >= 0.6 is 0 Å². The maximum Gasteiger partial charge on any atom is 0.115 e. The lowest BCUT2D eigenvalue weighted by Crippen LogP contribution is -1.90. The largest absolute Gasteiger partial charge is 0.508 e. The molecule has 1 N–H and O–H groups in total. The van der Waals surface area contributed by atoms with Crippen molar-refractivity contribution in [1.29, 1.82) is 0 Å². The minimum Gasteiger partial charge on any atom is -0.508 e. The number of benzene rings is 2. The summed E-state index contributed by atoms with van der Waals surface area (Å²) in [6.07, 6.45) is 1.17. The van der Waals surface area contributed by atoms with Crippen molar-refractivity contribution in [2.24, 2.45) is 0 Å². The van der Waals surface area contributed by atoms with Gasteiger partial charge in [-0.05, 0) is 41.2 Å². The quantitative estimate of drug-likeness (QED) is 0.812. The van der Waals surface area contributed by atoms with Gasteiger partial charge in [-0.2, -0.15) is 0 Å². The summed E-state index contributed by atoms with van der Waals surface area (Å²) in [5.74, 6) is 0.925. The number of phenols is 1. The topological polar surface area (TPSA) is 20.2 Å². The van der Waals surface area contributed by atoms with Gasteiger partial charge < -0.3 is 5.11 Å². The number of hydrogen-bond acceptors (Lipinski definition) is 1. The van der Waals surface area contributed by atoms with E-state index in [-0.39, 0.29) is 0 Å². The van der Waals surface area contributed by atoms with Gasteiger partial charge >= 0.3 is 0 Å². The molecule has 1 nitrogen and oxygen atoms in total. The van der Waals surface area contributed by atoms with Crippen LogP contribution < -0.4 is 0 Å². The van der Waals surface area contributed by atoms with Crippen LogP contribution in [0.5, 0.6) is 5.75 Å². The van der Waals surface area contributed by atoms with Gasteiger partial charge in [0.25, 0.3) is 0 Å². The van der Waals surface area contributed by atoms with Crippen LogP contribution in [0.4, 0.5) is 0 Å². The molecule has 88 valence electrons. The smallest absolute Gasteiger partial charge is 0.115 e. The molecule has 2 rings (SSSR count). The Balaban J connectivity index is 2.26. The van der Waals surface area contributed by atoms with Crippen LogP contribution in [0, 0.1) is 0 Å². The number of hydrogen-bond donors (Lipinski definition) is 1. The van der Waals surface area contributed by atoms with Gasteiger partial charge in [-0.1, -0.05) is 50.2 Å². The number of aromatic hydroxyl groups is 1. The van der Waals surface area contributed by atoms with Crippen LogP contribution in [0.3, 0.4) is 0 Å². The van der Waals surface area contributed by atoms with Gasteiger partial charge in [0.05, 0.1) is 0 Å². The lowest BCUT2D eigenvalue weighted by atomic mass is 9.96. The van der Waals surface area contributed by atoms with E-state index in [4.69, 9.17) is 0 Å². The Morgan fingerprint density at radius 1 is 0.882 bits per heavy atom. The highest BCUT2D eigenvalue weighted by Gasteiger charge is 2.03. The first-order valence-corrected chi connectivity index (χ1v) is 6.10.